The molecule has 25 heavy (non-hydrogen) atoms. The van der Waals surface area contributed by atoms with Gasteiger partial charge < -0.3 is 19.3 Å². The Labute approximate surface area is 152 Å². The smallest absolute Gasteiger partial charge is 0.319 e. The van der Waals surface area contributed by atoms with Gasteiger partial charge in [0.05, 0.1) is 6.54 Å². The molecule has 3 amide bonds. The zero-order valence-electron chi connectivity index (χ0n) is 16.8. The van der Waals surface area contributed by atoms with Gasteiger partial charge in [0.2, 0.25) is 5.91 Å². The van der Waals surface area contributed by atoms with Gasteiger partial charge in [0.25, 0.3) is 0 Å². The van der Waals surface area contributed by atoms with Gasteiger partial charge >= 0.3 is 6.03 Å². The van der Waals surface area contributed by atoms with Crippen LogP contribution in [0, 0.1) is 11.8 Å². The Balaban J connectivity index is 2.90. The standard InChI is InChI=1S/C19H34N4O2/c1-15(2)11-22(13-17-9-8-10-21(17)7)18(24)14-23(12-16(3)4)19(25)20(5)6/h8-10,15-16H,11-14H2,1-7H3. The Morgan fingerprint density at radius 3 is 2.04 bits per heavy atom. The number of rotatable bonds is 8. The fourth-order valence-electron chi connectivity index (χ4n) is 2.75. The molecule has 0 aliphatic rings. The molecule has 0 aromatic carbocycles. The maximum atomic E-state index is 12.9. The molecular formula is C19H34N4O2. The summed E-state index contributed by atoms with van der Waals surface area (Å²) in [5.74, 6) is 0.668. The molecule has 1 rings (SSSR count). The second-order valence-electron chi connectivity index (χ2n) is 7.73. The summed E-state index contributed by atoms with van der Waals surface area (Å²) >= 11 is 0. The van der Waals surface area contributed by atoms with Crippen LogP contribution in [-0.4, -0.2) is 64.9 Å². The van der Waals surface area contributed by atoms with Gasteiger partial charge in [-0.1, -0.05) is 27.7 Å². The summed E-state index contributed by atoms with van der Waals surface area (Å²) in [6.45, 7) is 10.2. The Bertz CT molecular complexity index is 564. The quantitative estimate of drug-likeness (QED) is 0.724. The van der Waals surface area contributed by atoms with Gasteiger partial charge in [0, 0.05) is 46.1 Å². The van der Waals surface area contributed by atoms with Gasteiger partial charge in [-0.25, -0.2) is 4.79 Å². The Morgan fingerprint density at radius 2 is 1.60 bits per heavy atom. The van der Waals surface area contributed by atoms with E-state index in [9.17, 15) is 9.59 Å². The van der Waals surface area contributed by atoms with E-state index in [-0.39, 0.29) is 18.5 Å². The van der Waals surface area contributed by atoms with Crippen molar-refractivity contribution in [3.63, 3.8) is 0 Å². The highest BCUT2D eigenvalue weighted by Crippen LogP contribution is 2.10. The predicted octanol–water partition coefficient (Wildman–Crippen LogP) is 2.65. The minimum absolute atomic E-state index is 0.00856. The van der Waals surface area contributed by atoms with E-state index in [0.29, 0.717) is 31.5 Å². The zero-order chi connectivity index (χ0) is 19.1. The molecular weight excluding hydrogens is 316 g/mol. The molecule has 142 valence electrons. The molecule has 0 radical (unpaired) electrons. The maximum Gasteiger partial charge on any atom is 0.319 e. The van der Waals surface area contributed by atoms with Crippen LogP contribution in [-0.2, 0) is 18.4 Å². The summed E-state index contributed by atoms with van der Waals surface area (Å²) in [7, 11) is 5.42. The van der Waals surface area contributed by atoms with Crippen molar-refractivity contribution in [2.45, 2.75) is 34.2 Å². The van der Waals surface area contributed by atoms with E-state index < -0.39 is 0 Å². The van der Waals surface area contributed by atoms with Crippen LogP contribution < -0.4 is 0 Å². The molecule has 0 spiro atoms. The van der Waals surface area contributed by atoms with Gasteiger partial charge in [-0.2, -0.15) is 0 Å². The van der Waals surface area contributed by atoms with Crippen LogP contribution in [0.5, 0.6) is 0 Å². The molecule has 1 aromatic heterocycles. The largest absolute Gasteiger partial charge is 0.353 e. The van der Waals surface area contributed by atoms with Crippen LogP contribution in [0.1, 0.15) is 33.4 Å². The molecule has 0 unspecified atom stereocenters. The van der Waals surface area contributed by atoms with Crippen LogP contribution in [0.25, 0.3) is 0 Å². The van der Waals surface area contributed by atoms with Crippen molar-refractivity contribution in [3.8, 4) is 0 Å². The van der Waals surface area contributed by atoms with Crippen molar-refractivity contribution >= 4 is 11.9 Å². The number of nitrogens with zero attached hydrogens (tertiary/aromatic N) is 4. The highest BCUT2D eigenvalue weighted by molar-refractivity contribution is 5.84. The number of hydrogen-bond acceptors (Lipinski definition) is 2. The van der Waals surface area contributed by atoms with Gasteiger partial charge in [-0.15, -0.1) is 0 Å². The van der Waals surface area contributed by atoms with E-state index in [2.05, 4.69) is 27.7 Å². The Hall–Kier alpha value is -1.98. The van der Waals surface area contributed by atoms with Gasteiger partial charge in [0.1, 0.15) is 6.54 Å². The molecule has 0 atom stereocenters. The molecule has 0 bridgehead atoms. The first-order valence-corrected chi connectivity index (χ1v) is 8.96. The number of hydrogen-bond donors (Lipinski definition) is 0. The van der Waals surface area contributed by atoms with E-state index in [1.807, 2.05) is 34.8 Å². The summed E-state index contributed by atoms with van der Waals surface area (Å²) < 4.78 is 2.03. The van der Waals surface area contributed by atoms with Crippen LogP contribution in [0.3, 0.4) is 0 Å². The lowest BCUT2D eigenvalue weighted by atomic mass is 10.2. The minimum Gasteiger partial charge on any atom is -0.353 e. The third kappa shape index (κ3) is 6.80. The average Bonchev–Trinajstić information content (AvgIpc) is 2.89. The number of carbonyl (C=O) groups is 2. The number of aromatic nitrogens is 1. The van der Waals surface area contributed by atoms with Crippen LogP contribution in [0.15, 0.2) is 18.3 Å². The molecule has 6 nitrogen and oxygen atoms in total. The first kappa shape index (κ1) is 21.1. The van der Waals surface area contributed by atoms with E-state index in [0.717, 1.165) is 5.69 Å². The first-order chi connectivity index (χ1) is 11.6. The van der Waals surface area contributed by atoms with Crippen molar-refractivity contribution in [2.75, 3.05) is 33.7 Å². The SMILES string of the molecule is CC(C)CN(Cc1cccn1C)C(=O)CN(CC(C)C)C(=O)N(C)C. The molecule has 0 N–H and O–H groups in total. The third-order valence-corrected chi connectivity index (χ3v) is 3.91. The molecule has 0 aliphatic heterocycles. The summed E-state index contributed by atoms with van der Waals surface area (Å²) in [6.07, 6.45) is 1.98. The second-order valence-corrected chi connectivity index (χ2v) is 7.73. The fraction of sp³-hybridized carbons (Fsp3) is 0.684. The lowest BCUT2D eigenvalue weighted by Gasteiger charge is -2.31. The molecule has 0 aliphatic carbocycles. The molecule has 1 aromatic rings. The summed E-state index contributed by atoms with van der Waals surface area (Å²) in [5.41, 5.74) is 1.09. The lowest BCUT2D eigenvalue weighted by molar-refractivity contribution is -0.133. The second kappa shape index (κ2) is 9.49. The highest BCUT2D eigenvalue weighted by atomic mass is 16.2. The fourth-order valence-corrected chi connectivity index (χ4v) is 2.75. The summed E-state index contributed by atoms with van der Waals surface area (Å²) in [5, 5.41) is 0. The molecule has 0 saturated carbocycles. The summed E-state index contributed by atoms with van der Waals surface area (Å²) in [6, 6.07) is 3.89. The van der Waals surface area contributed by atoms with E-state index in [4.69, 9.17) is 0 Å². The highest BCUT2D eigenvalue weighted by Gasteiger charge is 2.24. The van der Waals surface area contributed by atoms with Gasteiger partial charge in [-0.05, 0) is 24.0 Å². The van der Waals surface area contributed by atoms with Crippen LogP contribution in [0.4, 0.5) is 4.79 Å². The number of aryl methyl sites for hydroxylation is 1. The van der Waals surface area contributed by atoms with Crippen molar-refractivity contribution in [1.82, 2.24) is 19.3 Å². The normalized spacial score (nSPS) is 11.1. The molecule has 0 saturated heterocycles. The van der Waals surface area contributed by atoms with Crippen LogP contribution in [0.2, 0.25) is 0 Å². The topological polar surface area (TPSA) is 48.8 Å². The number of amides is 3. The Kier molecular flexibility index (Phi) is 8.00. The van der Waals surface area contributed by atoms with E-state index >= 15 is 0 Å². The third-order valence-electron chi connectivity index (χ3n) is 3.91. The van der Waals surface area contributed by atoms with Gasteiger partial charge in [0.15, 0.2) is 0 Å². The maximum absolute atomic E-state index is 12.9. The van der Waals surface area contributed by atoms with Crippen molar-refractivity contribution < 1.29 is 9.59 Å². The predicted molar refractivity (Wildman–Crippen MR) is 101 cm³/mol. The van der Waals surface area contributed by atoms with Gasteiger partial charge in [-0.3, -0.25) is 4.79 Å². The Morgan fingerprint density at radius 1 is 1.04 bits per heavy atom. The van der Waals surface area contributed by atoms with E-state index in [1.165, 1.54) is 4.90 Å². The average molecular weight is 351 g/mol. The van der Waals surface area contributed by atoms with Crippen molar-refractivity contribution in [2.24, 2.45) is 18.9 Å². The molecule has 1 heterocycles. The summed E-state index contributed by atoms with van der Waals surface area (Å²) in [4.78, 5) is 30.4. The van der Waals surface area contributed by atoms with E-state index in [1.54, 1.807) is 19.0 Å². The number of urea groups is 1. The molecule has 0 fully saturated rings. The van der Waals surface area contributed by atoms with Crippen molar-refractivity contribution in [1.29, 1.82) is 0 Å². The number of carbonyl (C=O) groups excluding carboxylic acids is 2. The monoisotopic (exact) mass is 350 g/mol. The minimum atomic E-state index is -0.120. The van der Waals surface area contributed by atoms with Crippen LogP contribution >= 0.6 is 0 Å². The zero-order valence-corrected chi connectivity index (χ0v) is 16.8. The first-order valence-electron chi connectivity index (χ1n) is 8.96. The molecule has 6 heteroatoms. The van der Waals surface area contributed by atoms with Crippen molar-refractivity contribution in [3.05, 3.63) is 24.0 Å². The lowest BCUT2D eigenvalue weighted by Crippen LogP contribution is -2.48.